The van der Waals surface area contributed by atoms with Crippen molar-refractivity contribution in [3.05, 3.63) is 33.5 Å². The molecule has 0 saturated carbocycles. The number of thiocarbonyl (C=S) groups is 1. The van der Waals surface area contributed by atoms with Crippen molar-refractivity contribution in [2.24, 2.45) is 0 Å². The third-order valence-corrected chi connectivity index (χ3v) is 6.28. The number of thiophene rings is 1. The number of aryl methyl sites for hydroxylation is 3. The summed E-state index contributed by atoms with van der Waals surface area (Å²) >= 11 is 7.18. The molecule has 0 radical (unpaired) electrons. The molecular weight excluding hydrogens is 368 g/mol. The van der Waals surface area contributed by atoms with Crippen LogP contribution in [0, 0.1) is 6.92 Å². The second kappa shape index (κ2) is 7.75. The predicted octanol–water partition coefficient (Wildman–Crippen LogP) is 3.38. The highest BCUT2D eigenvalue weighted by molar-refractivity contribution is 7.80. The molecule has 0 aliphatic heterocycles. The summed E-state index contributed by atoms with van der Waals surface area (Å²) in [4.78, 5) is 15.5. The Morgan fingerprint density at radius 2 is 2.27 bits per heavy atom. The van der Waals surface area contributed by atoms with Crippen LogP contribution in [0.4, 0.5) is 5.00 Å². The van der Waals surface area contributed by atoms with Crippen LogP contribution in [0.1, 0.15) is 45.4 Å². The lowest BCUT2D eigenvalue weighted by atomic mass is 10.1. The molecule has 1 aliphatic rings. The van der Waals surface area contributed by atoms with Gasteiger partial charge in [0, 0.05) is 36.8 Å². The number of hydrogen-bond donors (Lipinski definition) is 1. The van der Waals surface area contributed by atoms with Crippen molar-refractivity contribution < 1.29 is 9.53 Å². The molecule has 8 heteroatoms. The molecule has 1 N–H and O–H groups in total. The van der Waals surface area contributed by atoms with E-state index in [4.69, 9.17) is 17.0 Å². The van der Waals surface area contributed by atoms with Crippen LogP contribution >= 0.6 is 23.6 Å². The molecule has 0 atom stereocenters. The number of esters is 1. The van der Waals surface area contributed by atoms with E-state index in [1.54, 1.807) is 11.3 Å². The van der Waals surface area contributed by atoms with E-state index in [-0.39, 0.29) is 5.97 Å². The van der Waals surface area contributed by atoms with Gasteiger partial charge in [0.1, 0.15) is 5.00 Å². The average molecular weight is 393 g/mol. The zero-order chi connectivity index (χ0) is 18.8. The first-order chi connectivity index (χ1) is 12.4. The van der Waals surface area contributed by atoms with Crippen LogP contribution in [-0.2, 0) is 30.7 Å². The number of nitrogens with zero attached hydrogens (tertiary/aromatic N) is 3. The van der Waals surface area contributed by atoms with Gasteiger partial charge in [-0.2, -0.15) is 5.10 Å². The molecule has 2 heterocycles. The van der Waals surface area contributed by atoms with Gasteiger partial charge in [-0.1, -0.05) is 0 Å². The van der Waals surface area contributed by atoms with Gasteiger partial charge in [0.25, 0.3) is 0 Å². The number of aromatic nitrogens is 2. The molecule has 0 unspecified atom stereocenters. The maximum absolute atomic E-state index is 12.3. The van der Waals surface area contributed by atoms with E-state index in [1.807, 2.05) is 29.7 Å². The first-order valence-corrected chi connectivity index (χ1v) is 9.95. The molecule has 0 bridgehead atoms. The zero-order valence-corrected chi connectivity index (χ0v) is 17.2. The van der Waals surface area contributed by atoms with Gasteiger partial charge < -0.3 is 15.0 Å². The lowest BCUT2D eigenvalue weighted by Gasteiger charge is -2.20. The van der Waals surface area contributed by atoms with E-state index in [1.165, 1.54) is 12.0 Å². The molecular formula is C18H24N4O2S2. The SMILES string of the molecule is CCn1cc(CN(C)C(=S)Nc2sc3c(c2C(=O)OC)CCC3)c(C)n1. The summed E-state index contributed by atoms with van der Waals surface area (Å²) in [6.45, 7) is 5.58. The Hall–Kier alpha value is -1.93. The first-order valence-electron chi connectivity index (χ1n) is 8.72. The number of carbonyl (C=O) groups excluding carboxylic acids is 1. The minimum absolute atomic E-state index is 0.294. The number of anilines is 1. The van der Waals surface area contributed by atoms with Crippen LogP contribution in [0.5, 0.6) is 0 Å². The number of hydrogen-bond acceptors (Lipinski definition) is 5. The van der Waals surface area contributed by atoms with Gasteiger partial charge in [0.05, 0.1) is 18.4 Å². The van der Waals surface area contributed by atoms with Gasteiger partial charge >= 0.3 is 5.97 Å². The summed E-state index contributed by atoms with van der Waals surface area (Å²) in [6.07, 6.45) is 5.09. The van der Waals surface area contributed by atoms with Crippen LogP contribution in [-0.4, -0.2) is 39.9 Å². The van der Waals surface area contributed by atoms with Gasteiger partial charge in [0.15, 0.2) is 5.11 Å². The fourth-order valence-corrected chi connectivity index (χ4v) is 4.71. The highest BCUT2D eigenvalue weighted by Gasteiger charge is 2.28. The topological polar surface area (TPSA) is 59.4 Å². The minimum Gasteiger partial charge on any atom is -0.465 e. The summed E-state index contributed by atoms with van der Waals surface area (Å²) < 4.78 is 6.91. The number of carbonyl (C=O) groups is 1. The molecule has 0 saturated heterocycles. The summed E-state index contributed by atoms with van der Waals surface area (Å²) in [5, 5.41) is 9.11. The van der Waals surface area contributed by atoms with Crippen LogP contribution < -0.4 is 5.32 Å². The average Bonchev–Trinajstić information content (AvgIpc) is 3.29. The molecule has 3 rings (SSSR count). The Bertz CT molecular complexity index is 841. The molecule has 0 spiro atoms. The van der Waals surface area contributed by atoms with E-state index in [2.05, 4.69) is 17.3 Å². The third kappa shape index (κ3) is 3.61. The number of rotatable bonds is 5. The second-order valence-electron chi connectivity index (χ2n) is 6.43. The van der Waals surface area contributed by atoms with E-state index in [0.29, 0.717) is 17.2 Å². The Morgan fingerprint density at radius 1 is 1.50 bits per heavy atom. The molecule has 0 aromatic carbocycles. The minimum atomic E-state index is -0.294. The fraction of sp³-hybridized carbons (Fsp3) is 0.500. The second-order valence-corrected chi connectivity index (χ2v) is 7.93. The molecule has 6 nitrogen and oxygen atoms in total. The fourth-order valence-electron chi connectivity index (χ4n) is 3.21. The molecule has 2 aromatic rings. The van der Waals surface area contributed by atoms with Gasteiger partial charge in [-0.05, 0) is 50.9 Å². The van der Waals surface area contributed by atoms with E-state index in [0.717, 1.165) is 47.6 Å². The van der Waals surface area contributed by atoms with Crippen molar-refractivity contribution in [1.29, 1.82) is 0 Å². The van der Waals surface area contributed by atoms with Crippen LogP contribution in [0.15, 0.2) is 6.20 Å². The summed E-state index contributed by atoms with van der Waals surface area (Å²) in [7, 11) is 3.36. The Morgan fingerprint density at radius 3 is 2.92 bits per heavy atom. The quantitative estimate of drug-likeness (QED) is 0.622. The van der Waals surface area contributed by atoms with Crippen molar-refractivity contribution in [1.82, 2.24) is 14.7 Å². The van der Waals surface area contributed by atoms with Gasteiger partial charge in [0.2, 0.25) is 0 Å². The Labute approximate surface area is 163 Å². The smallest absolute Gasteiger partial charge is 0.341 e. The summed E-state index contributed by atoms with van der Waals surface area (Å²) in [6, 6.07) is 0. The molecule has 2 aromatic heterocycles. The summed E-state index contributed by atoms with van der Waals surface area (Å²) in [5.74, 6) is -0.294. The molecule has 1 aliphatic carbocycles. The van der Waals surface area contributed by atoms with Crippen LogP contribution in [0.25, 0.3) is 0 Å². The monoisotopic (exact) mass is 392 g/mol. The molecule has 26 heavy (non-hydrogen) atoms. The highest BCUT2D eigenvalue weighted by atomic mass is 32.1. The number of fused-ring (bicyclic) bond motifs is 1. The van der Waals surface area contributed by atoms with Gasteiger partial charge in [-0.25, -0.2) is 4.79 Å². The first kappa shape index (κ1) is 18.8. The van der Waals surface area contributed by atoms with Crippen molar-refractivity contribution >= 4 is 39.6 Å². The Kier molecular flexibility index (Phi) is 5.62. The lowest BCUT2D eigenvalue weighted by molar-refractivity contribution is 0.0601. The van der Waals surface area contributed by atoms with Gasteiger partial charge in [-0.15, -0.1) is 11.3 Å². The summed E-state index contributed by atoms with van der Waals surface area (Å²) in [5.41, 5.74) is 3.91. The number of nitrogens with one attached hydrogen (secondary N) is 1. The van der Waals surface area contributed by atoms with E-state index in [9.17, 15) is 4.79 Å². The van der Waals surface area contributed by atoms with Crippen LogP contribution in [0.3, 0.4) is 0 Å². The van der Waals surface area contributed by atoms with Crippen molar-refractivity contribution in [2.45, 2.75) is 46.2 Å². The largest absolute Gasteiger partial charge is 0.465 e. The van der Waals surface area contributed by atoms with E-state index >= 15 is 0 Å². The number of methoxy groups -OCH3 is 1. The third-order valence-electron chi connectivity index (χ3n) is 4.66. The Balaban J connectivity index is 1.75. The van der Waals surface area contributed by atoms with Crippen molar-refractivity contribution in [3.8, 4) is 0 Å². The molecule has 0 amide bonds. The maximum atomic E-state index is 12.3. The normalized spacial score (nSPS) is 12.8. The molecule has 0 fully saturated rings. The van der Waals surface area contributed by atoms with Crippen molar-refractivity contribution in [2.75, 3.05) is 19.5 Å². The standard InChI is InChI=1S/C18H24N4O2S2/c1-5-22-10-12(11(2)20-22)9-21(3)18(25)19-16-15(17(23)24-4)13-7-6-8-14(13)26-16/h10H,5-9H2,1-4H3,(H,19,25). The molecule has 140 valence electrons. The zero-order valence-electron chi connectivity index (χ0n) is 15.6. The van der Waals surface area contributed by atoms with Crippen LogP contribution in [0.2, 0.25) is 0 Å². The number of ether oxygens (including phenoxy) is 1. The predicted molar refractivity (Wildman–Crippen MR) is 108 cm³/mol. The lowest BCUT2D eigenvalue weighted by Crippen LogP contribution is -2.31. The van der Waals surface area contributed by atoms with Crippen molar-refractivity contribution in [3.63, 3.8) is 0 Å². The van der Waals surface area contributed by atoms with E-state index < -0.39 is 0 Å². The maximum Gasteiger partial charge on any atom is 0.341 e. The van der Waals surface area contributed by atoms with Gasteiger partial charge in [-0.3, -0.25) is 4.68 Å². The highest BCUT2D eigenvalue weighted by Crippen LogP contribution is 2.39.